The van der Waals surface area contributed by atoms with Crippen LogP contribution in [0.15, 0.2) is 36.5 Å². The number of nitrogens with one attached hydrogen (secondary N) is 1. The molecule has 1 N–H and O–H groups in total. The first-order chi connectivity index (χ1) is 8.19. The largest absolute Gasteiger partial charge is 0.305 e. The van der Waals surface area contributed by atoms with E-state index in [0.29, 0.717) is 16.9 Å². The van der Waals surface area contributed by atoms with E-state index in [4.69, 9.17) is 0 Å². The highest BCUT2D eigenvalue weighted by Crippen LogP contribution is 2.07. The number of hydrogen-bond donors (Lipinski definition) is 1. The summed E-state index contributed by atoms with van der Waals surface area (Å²) in [6.07, 6.45) is 2.48. The van der Waals surface area contributed by atoms with E-state index in [1.54, 1.807) is 48.3 Å². The molecular weight excluding hydrogens is 218 g/mol. The van der Waals surface area contributed by atoms with E-state index in [2.05, 4.69) is 10.4 Å². The van der Waals surface area contributed by atoms with E-state index >= 15 is 0 Å². The molecule has 86 valence electrons. The molecule has 0 aliphatic rings. The second kappa shape index (κ2) is 4.61. The molecule has 1 aromatic carbocycles. The predicted octanol–water partition coefficient (Wildman–Crippen LogP) is 1.48. The smallest absolute Gasteiger partial charge is 0.256 e. The number of benzene rings is 1. The maximum Gasteiger partial charge on any atom is 0.256 e. The standard InChI is InChI=1S/C12H11N3O2/c1-15-7-6-11(14-15)13-12(17)10-4-2-9(8-16)3-5-10/h2-8H,1H3,(H,13,14,17). The fourth-order valence-corrected chi connectivity index (χ4v) is 1.38. The molecule has 0 aliphatic heterocycles. The molecule has 0 fully saturated rings. The van der Waals surface area contributed by atoms with Crippen LogP contribution in [0, 0.1) is 0 Å². The van der Waals surface area contributed by atoms with Crippen LogP contribution >= 0.6 is 0 Å². The number of aromatic nitrogens is 2. The number of hydrogen-bond acceptors (Lipinski definition) is 3. The van der Waals surface area contributed by atoms with Crippen molar-refractivity contribution in [2.24, 2.45) is 7.05 Å². The summed E-state index contributed by atoms with van der Waals surface area (Å²) < 4.78 is 1.60. The summed E-state index contributed by atoms with van der Waals surface area (Å²) in [7, 11) is 1.77. The highest BCUT2D eigenvalue weighted by Gasteiger charge is 2.07. The van der Waals surface area contributed by atoms with Crippen LogP contribution < -0.4 is 5.32 Å². The third-order valence-corrected chi connectivity index (χ3v) is 2.26. The zero-order chi connectivity index (χ0) is 12.3. The molecule has 1 aromatic heterocycles. The minimum absolute atomic E-state index is 0.249. The second-order valence-corrected chi connectivity index (χ2v) is 3.57. The van der Waals surface area contributed by atoms with Crippen molar-refractivity contribution in [1.82, 2.24) is 9.78 Å². The number of rotatable bonds is 3. The van der Waals surface area contributed by atoms with Gasteiger partial charge < -0.3 is 5.32 Å². The first-order valence-electron chi connectivity index (χ1n) is 5.05. The van der Waals surface area contributed by atoms with Gasteiger partial charge in [-0.3, -0.25) is 14.3 Å². The van der Waals surface area contributed by atoms with Gasteiger partial charge in [-0.2, -0.15) is 5.10 Å². The van der Waals surface area contributed by atoms with Gasteiger partial charge in [0.05, 0.1) is 0 Å². The molecule has 0 aliphatic carbocycles. The van der Waals surface area contributed by atoms with Crippen molar-refractivity contribution in [3.05, 3.63) is 47.7 Å². The normalized spacial score (nSPS) is 9.94. The lowest BCUT2D eigenvalue weighted by atomic mass is 10.1. The average molecular weight is 229 g/mol. The van der Waals surface area contributed by atoms with E-state index in [1.807, 2.05) is 0 Å². The maximum absolute atomic E-state index is 11.8. The number of carbonyl (C=O) groups excluding carboxylic acids is 2. The lowest BCUT2D eigenvalue weighted by molar-refractivity contribution is 0.102. The Morgan fingerprint density at radius 1 is 1.29 bits per heavy atom. The summed E-state index contributed by atoms with van der Waals surface area (Å²) in [6, 6.07) is 8.10. The third-order valence-electron chi connectivity index (χ3n) is 2.26. The molecule has 17 heavy (non-hydrogen) atoms. The molecule has 1 heterocycles. The van der Waals surface area contributed by atoms with Crippen LogP contribution in [-0.2, 0) is 7.05 Å². The number of aldehydes is 1. The monoisotopic (exact) mass is 229 g/mol. The average Bonchev–Trinajstić information content (AvgIpc) is 2.75. The quantitative estimate of drug-likeness (QED) is 0.811. The summed E-state index contributed by atoms with van der Waals surface area (Å²) in [5.74, 6) is 0.248. The molecule has 0 atom stereocenters. The van der Waals surface area contributed by atoms with Gasteiger partial charge >= 0.3 is 0 Å². The Morgan fingerprint density at radius 3 is 2.53 bits per heavy atom. The van der Waals surface area contributed by atoms with Crippen LogP contribution in [0.5, 0.6) is 0 Å². The number of carbonyl (C=O) groups is 2. The Balaban J connectivity index is 2.11. The van der Waals surface area contributed by atoms with E-state index < -0.39 is 0 Å². The molecule has 5 heteroatoms. The van der Waals surface area contributed by atoms with Gasteiger partial charge in [-0.15, -0.1) is 0 Å². The first kappa shape index (κ1) is 11.1. The number of amides is 1. The topological polar surface area (TPSA) is 64.0 Å². The van der Waals surface area contributed by atoms with Gasteiger partial charge in [0.25, 0.3) is 5.91 Å². The molecule has 0 unspecified atom stereocenters. The Kier molecular flexibility index (Phi) is 3.00. The molecule has 1 amide bonds. The highest BCUT2D eigenvalue weighted by molar-refractivity contribution is 6.03. The Hall–Kier alpha value is -2.43. The van der Waals surface area contributed by atoms with E-state index in [-0.39, 0.29) is 5.91 Å². The fourth-order valence-electron chi connectivity index (χ4n) is 1.38. The van der Waals surface area contributed by atoms with E-state index in [9.17, 15) is 9.59 Å². The SMILES string of the molecule is Cn1ccc(NC(=O)c2ccc(C=O)cc2)n1. The van der Waals surface area contributed by atoms with Gasteiger partial charge in [-0.05, 0) is 12.1 Å². The summed E-state index contributed by atoms with van der Waals surface area (Å²) in [4.78, 5) is 22.2. The molecule has 2 aromatic rings. The first-order valence-corrected chi connectivity index (χ1v) is 5.05. The van der Waals surface area contributed by atoms with Crippen LogP contribution in [0.1, 0.15) is 20.7 Å². The lowest BCUT2D eigenvalue weighted by Crippen LogP contribution is -2.12. The fraction of sp³-hybridized carbons (Fsp3) is 0.0833. The molecular formula is C12H11N3O2. The van der Waals surface area contributed by atoms with Gasteiger partial charge in [0.2, 0.25) is 0 Å². The van der Waals surface area contributed by atoms with Crippen LogP contribution in [0.4, 0.5) is 5.82 Å². The van der Waals surface area contributed by atoms with Gasteiger partial charge in [0, 0.05) is 30.4 Å². The van der Waals surface area contributed by atoms with Gasteiger partial charge in [-0.25, -0.2) is 0 Å². The lowest BCUT2D eigenvalue weighted by Gasteiger charge is -2.01. The number of aryl methyl sites for hydroxylation is 1. The van der Waals surface area contributed by atoms with E-state index in [0.717, 1.165) is 6.29 Å². The van der Waals surface area contributed by atoms with Crippen molar-refractivity contribution in [2.75, 3.05) is 5.32 Å². The summed E-state index contributed by atoms with van der Waals surface area (Å²) in [6.45, 7) is 0. The molecule has 5 nitrogen and oxygen atoms in total. The van der Waals surface area contributed by atoms with Crippen molar-refractivity contribution in [3.8, 4) is 0 Å². The van der Waals surface area contributed by atoms with Crippen LogP contribution in [0.2, 0.25) is 0 Å². The predicted molar refractivity (Wildman–Crippen MR) is 63.0 cm³/mol. The van der Waals surface area contributed by atoms with Crippen molar-refractivity contribution in [2.45, 2.75) is 0 Å². The van der Waals surface area contributed by atoms with Gasteiger partial charge in [-0.1, -0.05) is 12.1 Å². The van der Waals surface area contributed by atoms with E-state index in [1.165, 1.54) is 0 Å². The van der Waals surface area contributed by atoms with Crippen molar-refractivity contribution in [3.63, 3.8) is 0 Å². The minimum Gasteiger partial charge on any atom is -0.305 e. The molecule has 0 bridgehead atoms. The van der Waals surface area contributed by atoms with Crippen molar-refractivity contribution < 1.29 is 9.59 Å². The molecule has 0 saturated carbocycles. The zero-order valence-corrected chi connectivity index (χ0v) is 9.25. The zero-order valence-electron chi connectivity index (χ0n) is 9.25. The second-order valence-electron chi connectivity index (χ2n) is 3.57. The van der Waals surface area contributed by atoms with Crippen molar-refractivity contribution in [1.29, 1.82) is 0 Å². The summed E-state index contributed by atoms with van der Waals surface area (Å²) >= 11 is 0. The molecule has 2 rings (SSSR count). The molecule has 0 spiro atoms. The number of nitrogens with zero attached hydrogens (tertiary/aromatic N) is 2. The van der Waals surface area contributed by atoms with Crippen LogP contribution in [-0.4, -0.2) is 22.0 Å². The number of anilines is 1. The Labute approximate surface area is 98.1 Å². The summed E-state index contributed by atoms with van der Waals surface area (Å²) in [5, 5.41) is 6.70. The Morgan fingerprint density at radius 2 is 2.00 bits per heavy atom. The highest BCUT2D eigenvalue weighted by atomic mass is 16.1. The van der Waals surface area contributed by atoms with Crippen molar-refractivity contribution >= 4 is 18.0 Å². The summed E-state index contributed by atoms with van der Waals surface area (Å²) in [5.41, 5.74) is 1.03. The van der Waals surface area contributed by atoms with Gasteiger partial charge in [0.1, 0.15) is 6.29 Å². The third kappa shape index (κ3) is 2.57. The van der Waals surface area contributed by atoms with Gasteiger partial charge in [0.15, 0.2) is 5.82 Å². The molecule has 0 radical (unpaired) electrons. The minimum atomic E-state index is -0.249. The molecule has 0 saturated heterocycles. The van der Waals surface area contributed by atoms with Crippen LogP contribution in [0.25, 0.3) is 0 Å². The van der Waals surface area contributed by atoms with Crippen LogP contribution in [0.3, 0.4) is 0 Å². The Bertz CT molecular complexity index is 543. The maximum atomic E-state index is 11.8.